The Morgan fingerprint density at radius 1 is 0.351 bits per heavy atom. The van der Waals surface area contributed by atoms with Gasteiger partial charge in [-0.2, -0.15) is 0 Å². The summed E-state index contributed by atoms with van der Waals surface area (Å²) in [7, 11) is 0. The molecule has 10 aromatic rings. The quantitative estimate of drug-likeness (QED) is 0.161. The molecule has 57 heavy (non-hydrogen) atoms. The third-order valence-electron chi connectivity index (χ3n) is 12.0. The Morgan fingerprint density at radius 2 is 0.877 bits per heavy atom. The number of rotatable bonds is 5. The van der Waals surface area contributed by atoms with Crippen molar-refractivity contribution in [3.05, 3.63) is 206 Å². The van der Waals surface area contributed by atoms with Crippen molar-refractivity contribution in [3.63, 3.8) is 0 Å². The third kappa shape index (κ3) is 4.99. The fourth-order valence-corrected chi connectivity index (χ4v) is 9.46. The first kappa shape index (κ1) is 31.9. The van der Waals surface area contributed by atoms with Crippen LogP contribution in [0.5, 0.6) is 11.5 Å². The van der Waals surface area contributed by atoms with E-state index in [0.717, 1.165) is 22.6 Å². The Labute approximate surface area is 332 Å². The lowest BCUT2D eigenvalue weighted by Gasteiger charge is -2.34. The van der Waals surface area contributed by atoms with Crippen LogP contribution in [-0.2, 0) is 0 Å². The molecule has 0 bridgehead atoms. The molecule has 2 aliphatic heterocycles. The normalized spacial score (nSPS) is 12.3. The largest absolute Gasteiger partial charge is 0.458 e. The van der Waals surface area contributed by atoms with Gasteiger partial charge in [-0.25, -0.2) is 0 Å². The Morgan fingerprint density at radius 3 is 1.54 bits per heavy atom. The maximum Gasteiger partial charge on any atom is 0.256 e. The van der Waals surface area contributed by atoms with E-state index >= 15 is 0 Å². The van der Waals surface area contributed by atoms with Crippen LogP contribution in [0.25, 0.3) is 83.1 Å². The van der Waals surface area contributed by atoms with Crippen molar-refractivity contribution < 1.29 is 4.74 Å². The molecule has 2 aliphatic rings. The van der Waals surface area contributed by atoms with Crippen LogP contribution in [0, 0.1) is 0 Å². The summed E-state index contributed by atoms with van der Waals surface area (Å²) in [4.78, 5) is 0. The average Bonchev–Trinajstić information content (AvgIpc) is 3.62. The highest BCUT2D eigenvalue weighted by Gasteiger charge is 2.41. The molecule has 0 aliphatic carbocycles. The molecule has 9 aromatic carbocycles. The highest BCUT2D eigenvalue weighted by atomic mass is 16.5. The lowest BCUT2D eigenvalue weighted by Crippen LogP contribution is -2.58. The number of ether oxygens (including phenoxy) is 1. The van der Waals surface area contributed by atoms with Crippen LogP contribution in [0.4, 0.5) is 0 Å². The van der Waals surface area contributed by atoms with Crippen LogP contribution in [0.2, 0.25) is 0 Å². The Balaban J connectivity index is 1.19. The first-order valence-corrected chi connectivity index (χ1v) is 19.7. The zero-order valence-corrected chi connectivity index (χ0v) is 31.1. The van der Waals surface area contributed by atoms with E-state index in [1.807, 2.05) is 0 Å². The van der Waals surface area contributed by atoms with E-state index in [1.54, 1.807) is 0 Å². The summed E-state index contributed by atoms with van der Waals surface area (Å²) in [6.07, 6.45) is 0. The van der Waals surface area contributed by atoms with Gasteiger partial charge in [0.25, 0.3) is 6.71 Å². The minimum absolute atomic E-state index is 0.0291. The minimum Gasteiger partial charge on any atom is -0.458 e. The zero-order valence-electron chi connectivity index (χ0n) is 31.1. The van der Waals surface area contributed by atoms with Crippen LogP contribution < -0.4 is 21.1 Å². The van der Waals surface area contributed by atoms with Gasteiger partial charge in [-0.15, -0.1) is 0 Å². The molecule has 0 saturated carbocycles. The second-order valence-electron chi connectivity index (χ2n) is 15.2. The predicted octanol–water partition coefficient (Wildman–Crippen LogP) is 12.1. The minimum atomic E-state index is -0.0291. The highest BCUT2D eigenvalue weighted by molar-refractivity contribution is 6.99. The van der Waals surface area contributed by atoms with Gasteiger partial charge in [0.1, 0.15) is 11.5 Å². The summed E-state index contributed by atoms with van der Waals surface area (Å²) in [6, 6.07) is 75.0. The molecule has 0 N–H and O–H groups in total. The van der Waals surface area contributed by atoms with Gasteiger partial charge in [0, 0.05) is 22.0 Å². The monoisotopic (exact) mass is 723 g/mol. The van der Waals surface area contributed by atoms with E-state index < -0.39 is 0 Å². The standard InChI is InChI=1S/C54H34BNO/c1-5-15-35(16-6-1)39-26-28-49-45(29-39)46-30-41(37-19-9-3-10-20-37)31-48-54(46)56(49)50-32-42(44-24-14-13-23-43(44)38-21-11-4-12-22-38)34-52-53(50)55(48)47-27-25-40(33-51(47)57-52)36-17-7-2-8-18-36/h1-34H. The Kier molecular flexibility index (Phi) is 7.06. The SMILES string of the molecule is c1ccc(-c2ccc3c(c2)Oc2cc(-c4ccccc4-c4ccccc4)cc4c2B3c2cc(-c3ccccc3)cc3c5cc(-c6ccccc6)ccc5n-4c23)cc1. The van der Waals surface area contributed by atoms with Gasteiger partial charge in [-0.1, -0.05) is 170 Å². The molecule has 12 rings (SSSR count). The molecular weight excluding hydrogens is 689 g/mol. The molecule has 0 radical (unpaired) electrons. The summed E-state index contributed by atoms with van der Waals surface area (Å²) >= 11 is 0. The van der Waals surface area contributed by atoms with E-state index in [0.29, 0.717) is 0 Å². The fourth-order valence-electron chi connectivity index (χ4n) is 9.46. The topological polar surface area (TPSA) is 14.2 Å². The number of aromatic nitrogens is 1. The van der Waals surface area contributed by atoms with Crippen molar-refractivity contribution in [2.45, 2.75) is 0 Å². The Bertz CT molecular complexity index is 3190. The van der Waals surface area contributed by atoms with Gasteiger partial charge >= 0.3 is 0 Å². The van der Waals surface area contributed by atoms with Crippen LogP contribution in [-0.4, -0.2) is 11.3 Å². The van der Waals surface area contributed by atoms with Crippen LogP contribution in [0.1, 0.15) is 0 Å². The number of hydrogen-bond acceptors (Lipinski definition) is 1. The molecule has 264 valence electrons. The smallest absolute Gasteiger partial charge is 0.256 e. The molecule has 3 heterocycles. The van der Waals surface area contributed by atoms with Crippen molar-refractivity contribution in [1.82, 2.24) is 4.57 Å². The molecule has 0 fully saturated rings. The number of benzene rings is 9. The summed E-state index contributed by atoms with van der Waals surface area (Å²) in [5.74, 6) is 1.81. The van der Waals surface area contributed by atoms with Gasteiger partial charge < -0.3 is 9.30 Å². The number of fused-ring (bicyclic) bond motifs is 7. The highest BCUT2D eigenvalue weighted by Crippen LogP contribution is 2.43. The van der Waals surface area contributed by atoms with Crippen molar-refractivity contribution in [2.24, 2.45) is 0 Å². The molecular formula is C54H34BNO. The molecule has 0 atom stereocenters. The molecule has 0 amide bonds. The Hall–Kier alpha value is -7.36. The van der Waals surface area contributed by atoms with E-state index in [2.05, 4.69) is 211 Å². The second kappa shape index (κ2) is 12.6. The number of nitrogens with zero attached hydrogens (tertiary/aromatic N) is 1. The van der Waals surface area contributed by atoms with Gasteiger partial charge in [-0.3, -0.25) is 0 Å². The van der Waals surface area contributed by atoms with Crippen LogP contribution >= 0.6 is 0 Å². The summed E-state index contributed by atoms with van der Waals surface area (Å²) in [5.41, 5.74) is 19.2. The molecule has 2 nitrogen and oxygen atoms in total. The van der Waals surface area contributed by atoms with Gasteiger partial charge in [0.05, 0.1) is 5.52 Å². The zero-order chi connectivity index (χ0) is 37.5. The van der Waals surface area contributed by atoms with E-state index in [9.17, 15) is 0 Å². The molecule has 0 saturated heterocycles. The molecule has 3 heteroatoms. The molecule has 1 aromatic heterocycles. The van der Waals surface area contributed by atoms with Gasteiger partial charge in [0.15, 0.2) is 0 Å². The third-order valence-corrected chi connectivity index (χ3v) is 12.0. The fraction of sp³-hybridized carbons (Fsp3) is 0. The summed E-state index contributed by atoms with van der Waals surface area (Å²) in [6.45, 7) is -0.0291. The average molecular weight is 724 g/mol. The molecule has 0 spiro atoms. The van der Waals surface area contributed by atoms with Crippen LogP contribution in [0.3, 0.4) is 0 Å². The lowest BCUT2D eigenvalue weighted by molar-refractivity contribution is 0.487. The van der Waals surface area contributed by atoms with Gasteiger partial charge in [-0.05, 0) is 108 Å². The second-order valence-corrected chi connectivity index (χ2v) is 15.2. The van der Waals surface area contributed by atoms with Crippen molar-refractivity contribution in [1.29, 1.82) is 0 Å². The van der Waals surface area contributed by atoms with Gasteiger partial charge in [0.2, 0.25) is 0 Å². The predicted molar refractivity (Wildman–Crippen MR) is 239 cm³/mol. The number of hydrogen-bond donors (Lipinski definition) is 0. The summed E-state index contributed by atoms with van der Waals surface area (Å²) < 4.78 is 9.70. The van der Waals surface area contributed by atoms with E-state index in [-0.39, 0.29) is 6.71 Å². The lowest BCUT2D eigenvalue weighted by atomic mass is 9.34. The van der Waals surface area contributed by atoms with E-state index in [4.69, 9.17) is 4.74 Å². The summed E-state index contributed by atoms with van der Waals surface area (Å²) in [5, 5.41) is 2.50. The first-order valence-electron chi connectivity index (χ1n) is 19.7. The maximum atomic E-state index is 7.17. The first-order chi connectivity index (χ1) is 28.3. The van der Waals surface area contributed by atoms with Crippen LogP contribution in [0.15, 0.2) is 206 Å². The van der Waals surface area contributed by atoms with Crippen molar-refractivity contribution >= 4 is 44.9 Å². The van der Waals surface area contributed by atoms with Crippen molar-refractivity contribution in [3.8, 4) is 72.8 Å². The van der Waals surface area contributed by atoms with Crippen molar-refractivity contribution in [2.75, 3.05) is 0 Å². The van der Waals surface area contributed by atoms with E-state index in [1.165, 1.54) is 88.4 Å². The molecule has 0 unspecified atom stereocenters. The maximum absolute atomic E-state index is 7.17.